The van der Waals surface area contributed by atoms with E-state index in [1.807, 2.05) is 0 Å². The Hall–Kier alpha value is -0.870. The number of rotatable bonds is 5. The van der Waals surface area contributed by atoms with E-state index < -0.39 is 0 Å². The molecule has 0 aromatic rings. The summed E-state index contributed by atoms with van der Waals surface area (Å²) in [5.74, 6) is 3.24. The molecule has 5 rings (SSSR count). The van der Waals surface area contributed by atoms with Crippen molar-refractivity contribution in [2.45, 2.75) is 129 Å². The third-order valence-electron chi connectivity index (χ3n) is 10.6. The van der Waals surface area contributed by atoms with Crippen LogP contribution in [0.15, 0.2) is 11.6 Å². The van der Waals surface area contributed by atoms with Crippen molar-refractivity contribution in [1.29, 1.82) is 0 Å². The van der Waals surface area contributed by atoms with Gasteiger partial charge < -0.3 is 14.2 Å². The van der Waals surface area contributed by atoms with E-state index in [9.17, 15) is 4.79 Å². The minimum Gasteiger partial charge on any atom is -0.462 e. The Morgan fingerprint density at radius 2 is 1.79 bits per heavy atom. The molecule has 4 fully saturated rings. The molecular formula is C30H48O4. The number of hydrogen-bond donors (Lipinski definition) is 0. The van der Waals surface area contributed by atoms with Crippen molar-refractivity contribution in [2.75, 3.05) is 6.61 Å². The van der Waals surface area contributed by atoms with Gasteiger partial charge in [-0.05, 0) is 94.3 Å². The Morgan fingerprint density at radius 1 is 1.03 bits per heavy atom. The fraction of sp³-hybridized carbons (Fsp3) is 0.900. The molecule has 5 aliphatic rings. The maximum atomic E-state index is 11.8. The topological polar surface area (TPSA) is 44.8 Å². The summed E-state index contributed by atoms with van der Waals surface area (Å²) in [4.78, 5) is 11.8. The van der Waals surface area contributed by atoms with E-state index in [4.69, 9.17) is 14.2 Å². The summed E-state index contributed by atoms with van der Waals surface area (Å²) in [7, 11) is 0. The molecule has 8 atom stereocenters. The Labute approximate surface area is 207 Å². The monoisotopic (exact) mass is 472 g/mol. The van der Waals surface area contributed by atoms with Crippen LogP contribution in [0.5, 0.6) is 0 Å². The van der Waals surface area contributed by atoms with Gasteiger partial charge in [-0.2, -0.15) is 0 Å². The molecule has 0 saturated heterocycles. The summed E-state index contributed by atoms with van der Waals surface area (Å²) in [5.41, 5.74) is 1.86. The van der Waals surface area contributed by atoms with Crippen LogP contribution in [-0.2, 0) is 19.0 Å². The van der Waals surface area contributed by atoms with Crippen LogP contribution in [0, 0.1) is 35.0 Å². The summed E-state index contributed by atoms with van der Waals surface area (Å²) < 4.78 is 19.0. The molecule has 5 aliphatic carbocycles. The smallest absolute Gasteiger partial charge is 0.302 e. The predicted molar refractivity (Wildman–Crippen MR) is 134 cm³/mol. The van der Waals surface area contributed by atoms with Gasteiger partial charge in [0, 0.05) is 31.8 Å². The molecule has 192 valence electrons. The highest BCUT2D eigenvalue weighted by atomic mass is 16.7. The molecule has 0 aromatic carbocycles. The highest BCUT2D eigenvalue weighted by Crippen LogP contribution is 2.63. The fourth-order valence-corrected chi connectivity index (χ4v) is 9.24. The second-order valence-electron chi connectivity index (χ2n) is 12.6. The lowest BCUT2D eigenvalue weighted by atomic mass is 9.49. The molecule has 0 heterocycles. The highest BCUT2D eigenvalue weighted by molar-refractivity contribution is 5.66. The highest BCUT2D eigenvalue weighted by Gasteiger charge is 2.59. The molecule has 0 radical (unpaired) electrons. The minimum absolute atomic E-state index is 0.104. The largest absolute Gasteiger partial charge is 0.462 e. The number of carbonyl (C=O) groups is 1. The number of carbonyl (C=O) groups excluding carboxylic acids is 1. The van der Waals surface area contributed by atoms with Crippen LogP contribution in [0.2, 0.25) is 0 Å². The Bertz CT molecular complexity index is 766. The normalized spacial score (nSPS) is 43.6. The van der Waals surface area contributed by atoms with Crippen LogP contribution in [0.25, 0.3) is 0 Å². The molecule has 4 saturated carbocycles. The summed E-state index contributed by atoms with van der Waals surface area (Å²) in [5, 5.41) is 0. The zero-order valence-corrected chi connectivity index (χ0v) is 22.2. The maximum absolute atomic E-state index is 11.8. The Balaban J connectivity index is 1.31. The van der Waals surface area contributed by atoms with Crippen molar-refractivity contribution in [2.24, 2.45) is 35.0 Å². The van der Waals surface area contributed by atoms with Gasteiger partial charge in [-0.3, -0.25) is 4.79 Å². The average molecular weight is 473 g/mol. The van der Waals surface area contributed by atoms with Gasteiger partial charge in [-0.25, -0.2) is 0 Å². The fourth-order valence-electron chi connectivity index (χ4n) is 9.24. The molecule has 0 unspecified atom stereocenters. The quantitative estimate of drug-likeness (QED) is 0.183. The maximum Gasteiger partial charge on any atom is 0.302 e. The summed E-state index contributed by atoms with van der Waals surface area (Å²) in [6, 6.07) is 0. The van der Waals surface area contributed by atoms with Crippen LogP contribution >= 0.6 is 0 Å². The van der Waals surface area contributed by atoms with Crippen molar-refractivity contribution in [1.82, 2.24) is 0 Å². The van der Waals surface area contributed by atoms with E-state index in [2.05, 4.69) is 26.8 Å². The number of esters is 1. The number of ether oxygens (including phenoxy) is 3. The first-order chi connectivity index (χ1) is 16.3. The molecular weight excluding hydrogens is 424 g/mol. The van der Waals surface area contributed by atoms with Crippen LogP contribution in [0.4, 0.5) is 0 Å². The van der Waals surface area contributed by atoms with Gasteiger partial charge in [0.2, 0.25) is 0 Å². The van der Waals surface area contributed by atoms with Crippen molar-refractivity contribution in [3.05, 3.63) is 11.6 Å². The van der Waals surface area contributed by atoms with E-state index in [1.54, 1.807) is 12.5 Å². The molecule has 4 nitrogen and oxygen atoms in total. The number of allylic oxidation sites excluding steroid dienone is 1. The van der Waals surface area contributed by atoms with Gasteiger partial charge in [0.15, 0.2) is 5.79 Å². The van der Waals surface area contributed by atoms with E-state index in [1.165, 1.54) is 57.8 Å². The molecule has 0 aliphatic heterocycles. The van der Waals surface area contributed by atoms with Gasteiger partial charge in [-0.15, -0.1) is 0 Å². The molecule has 0 amide bonds. The third-order valence-corrected chi connectivity index (χ3v) is 10.6. The predicted octanol–water partition coefficient (Wildman–Crippen LogP) is 7.21. The first-order valence-electron chi connectivity index (χ1n) is 14.5. The molecule has 34 heavy (non-hydrogen) atoms. The summed E-state index contributed by atoms with van der Waals surface area (Å²) >= 11 is 0. The van der Waals surface area contributed by atoms with E-state index in [0.29, 0.717) is 11.8 Å². The lowest BCUT2D eigenvalue weighted by molar-refractivity contribution is -0.258. The van der Waals surface area contributed by atoms with Crippen molar-refractivity contribution in [3.8, 4) is 0 Å². The third kappa shape index (κ3) is 4.51. The minimum atomic E-state index is -0.356. The summed E-state index contributed by atoms with van der Waals surface area (Å²) in [6.45, 7) is 9.35. The first-order valence-corrected chi connectivity index (χ1v) is 14.5. The molecule has 0 spiro atoms. The molecule has 4 heteroatoms. The lowest BCUT2D eigenvalue weighted by Crippen LogP contribution is -2.51. The van der Waals surface area contributed by atoms with Crippen molar-refractivity contribution < 1.29 is 19.0 Å². The molecule has 0 bridgehead atoms. The standard InChI is InChI=1S/C30H48O4/c1-5-32-30(15-8-6-7-9-16-30)34-23-10-11-24-22(19-23)18-20(2)28-25(24)14-17-29(4)26(28)12-13-27(29)33-21(3)31/h19-20,23-28H,5-18H2,1-4H3/t20-,23-,24+,25-,26+,27+,28-,29+/m1/s1. The second-order valence-corrected chi connectivity index (χ2v) is 12.6. The van der Waals surface area contributed by atoms with Gasteiger partial charge in [0.1, 0.15) is 6.10 Å². The molecule has 0 aromatic heterocycles. The van der Waals surface area contributed by atoms with E-state index in [-0.39, 0.29) is 29.4 Å². The zero-order chi connectivity index (χ0) is 23.9. The van der Waals surface area contributed by atoms with Gasteiger partial charge in [0.25, 0.3) is 0 Å². The van der Waals surface area contributed by atoms with E-state index >= 15 is 0 Å². The van der Waals surface area contributed by atoms with Crippen LogP contribution < -0.4 is 0 Å². The number of hydrogen-bond acceptors (Lipinski definition) is 4. The second kappa shape index (κ2) is 9.88. The van der Waals surface area contributed by atoms with Crippen LogP contribution in [0.3, 0.4) is 0 Å². The van der Waals surface area contributed by atoms with Crippen molar-refractivity contribution in [3.63, 3.8) is 0 Å². The molecule has 0 N–H and O–H groups in total. The zero-order valence-electron chi connectivity index (χ0n) is 22.2. The van der Waals surface area contributed by atoms with Gasteiger partial charge in [-0.1, -0.05) is 38.3 Å². The Morgan fingerprint density at radius 3 is 2.50 bits per heavy atom. The average Bonchev–Trinajstić information content (AvgIpc) is 2.95. The van der Waals surface area contributed by atoms with Crippen molar-refractivity contribution >= 4 is 5.97 Å². The van der Waals surface area contributed by atoms with Crippen LogP contribution in [-0.4, -0.2) is 30.6 Å². The van der Waals surface area contributed by atoms with E-state index in [0.717, 1.165) is 50.0 Å². The van der Waals surface area contributed by atoms with Gasteiger partial charge in [0.05, 0.1) is 6.10 Å². The number of fused-ring (bicyclic) bond motifs is 5. The van der Waals surface area contributed by atoms with Gasteiger partial charge >= 0.3 is 5.97 Å². The SMILES string of the molecule is CCOC1(O[C@H]2C=C3C[C@@H](C)[C@@H]4[C@H](CC[C@]5(C)[C@@H](OC(C)=O)CC[C@@H]45)[C@H]3CC2)CCCCCC1. The Kier molecular flexibility index (Phi) is 7.21. The summed E-state index contributed by atoms with van der Waals surface area (Å²) in [6.07, 6.45) is 18.5. The van der Waals surface area contributed by atoms with Crippen LogP contribution in [0.1, 0.15) is 111 Å². The lowest BCUT2D eigenvalue weighted by Gasteiger charge is -2.56. The first kappa shape index (κ1) is 24.8.